The molecule has 0 fully saturated rings. The van der Waals surface area contributed by atoms with Crippen LogP contribution in [0, 0.1) is 0 Å². The van der Waals surface area contributed by atoms with E-state index in [-0.39, 0.29) is 0 Å². The van der Waals surface area contributed by atoms with Gasteiger partial charge in [-0.2, -0.15) is 0 Å². The second kappa shape index (κ2) is 5.64. The van der Waals surface area contributed by atoms with Crippen LogP contribution in [0.2, 0.25) is 0 Å². The molecule has 18 heavy (non-hydrogen) atoms. The highest BCUT2D eigenvalue weighted by molar-refractivity contribution is 7.80. The summed E-state index contributed by atoms with van der Waals surface area (Å²) in [5.41, 5.74) is 7.37. The Balaban J connectivity index is 1.95. The van der Waals surface area contributed by atoms with Gasteiger partial charge >= 0.3 is 0 Å². The molecule has 2 aromatic rings. The van der Waals surface area contributed by atoms with Crippen LogP contribution in [0.25, 0.3) is 0 Å². The predicted molar refractivity (Wildman–Crippen MR) is 75.5 cm³/mol. The first-order valence-corrected chi connectivity index (χ1v) is 6.17. The summed E-state index contributed by atoms with van der Waals surface area (Å²) < 4.78 is 5.50. The number of anilines is 1. The monoisotopic (exact) mass is 261 g/mol. The van der Waals surface area contributed by atoms with Gasteiger partial charge in [-0.25, -0.2) is 4.98 Å². The maximum absolute atomic E-state index is 5.53. The Labute approximate surface area is 111 Å². The van der Waals surface area contributed by atoms with Gasteiger partial charge in [0.2, 0.25) is 5.89 Å². The molecule has 0 unspecified atom stereocenters. The molecule has 0 atom stereocenters. The van der Waals surface area contributed by atoms with Crippen LogP contribution in [0.4, 0.5) is 5.69 Å². The van der Waals surface area contributed by atoms with Crippen LogP contribution in [0.1, 0.15) is 24.1 Å². The standard InChI is InChI=1S/C13H15N3OS/c1-2-11-7-16-12(17-11)8-15-10-5-3-9(4-6-10)13(14)18/h3-7,15H,2,8H2,1H3,(H2,14,18). The van der Waals surface area contributed by atoms with Crippen molar-refractivity contribution in [2.45, 2.75) is 19.9 Å². The van der Waals surface area contributed by atoms with Crippen molar-refractivity contribution < 1.29 is 4.42 Å². The summed E-state index contributed by atoms with van der Waals surface area (Å²) in [6.07, 6.45) is 2.61. The number of thiocarbonyl (C=S) groups is 1. The van der Waals surface area contributed by atoms with E-state index in [9.17, 15) is 0 Å². The normalized spacial score (nSPS) is 10.3. The van der Waals surface area contributed by atoms with Crippen LogP contribution in [-0.4, -0.2) is 9.97 Å². The molecule has 3 N–H and O–H groups in total. The van der Waals surface area contributed by atoms with Gasteiger partial charge in [0.15, 0.2) is 0 Å². The summed E-state index contributed by atoms with van der Waals surface area (Å²) in [4.78, 5) is 4.58. The van der Waals surface area contributed by atoms with Gasteiger partial charge in [-0.05, 0) is 24.3 Å². The zero-order valence-electron chi connectivity index (χ0n) is 10.1. The lowest BCUT2D eigenvalue weighted by Crippen LogP contribution is -2.09. The molecule has 94 valence electrons. The molecule has 0 saturated carbocycles. The molecule has 0 aliphatic carbocycles. The van der Waals surface area contributed by atoms with E-state index in [1.165, 1.54) is 0 Å². The fraction of sp³-hybridized carbons (Fsp3) is 0.231. The van der Waals surface area contributed by atoms with Crippen LogP contribution in [0.5, 0.6) is 0 Å². The lowest BCUT2D eigenvalue weighted by atomic mass is 10.2. The number of aryl methyl sites for hydroxylation is 1. The maximum Gasteiger partial charge on any atom is 0.213 e. The molecule has 0 saturated heterocycles. The number of nitrogens with two attached hydrogens (primary N) is 1. The van der Waals surface area contributed by atoms with Gasteiger partial charge in [0, 0.05) is 17.7 Å². The van der Waals surface area contributed by atoms with Crippen molar-refractivity contribution in [1.29, 1.82) is 0 Å². The lowest BCUT2D eigenvalue weighted by molar-refractivity contribution is 0.466. The van der Waals surface area contributed by atoms with Crippen LogP contribution in [0.3, 0.4) is 0 Å². The maximum atomic E-state index is 5.53. The number of hydrogen-bond donors (Lipinski definition) is 2. The van der Waals surface area contributed by atoms with E-state index in [1.807, 2.05) is 31.2 Å². The number of rotatable bonds is 5. The van der Waals surface area contributed by atoms with Crippen LogP contribution in [-0.2, 0) is 13.0 Å². The molecular weight excluding hydrogens is 246 g/mol. The number of benzene rings is 1. The molecule has 1 heterocycles. The number of nitrogens with one attached hydrogen (secondary N) is 1. The third-order valence-corrected chi connectivity index (χ3v) is 2.80. The molecule has 2 rings (SSSR count). The van der Waals surface area contributed by atoms with Crippen molar-refractivity contribution in [2.75, 3.05) is 5.32 Å². The van der Waals surface area contributed by atoms with Crippen molar-refractivity contribution in [3.8, 4) is 0 Å². The second-order valence-corrected chi connectivity index (χ2v) is 4.31. The first-order chi connectivity index (χ1) is 8.69. The Bertz CT molecular complexity index is 533. The zero-order valence-corrected chi connectivity index (χ0v) is 11.0. The summed E-state index contributed by atoms with van der Waals surface area (Å²) in [6.45, 7) is 2.60. The van der Waals surface area contributed by atoms with Crippen molar-refractivity contribution in [3.63, 3.8) is 0 Å². The second-order valence-electron chi connectivity index (χ2n) is 3.87. The number of nitrogens with zero attached hydrogens (tertiary/aromatic N) is 1. The molecule has 0 amide bonds. The van der Waals surface area contributed by atoms with Gasteiger partial charge in [0.25, 0.3) is 0 Å². The Morgan fingerprint density at radius 3 is 2.67 bits per heavy atom. The Hall–Kier alpha value is -1.88. The minimum absolute atomic E-state index is 0.404. The minimum Gasteiger partial charge on any atom is -0.444 e. The smallest absolute Gasteiger partial charge is 0.213 e. The van der Waals surface area contributed by atoms with Gasteiger partial charge < -0.3 is 15.5 Å². The first-order valence-electron chi connectivity index (χ1n) is 5.76. The molecule has 0 aliphatic heterocycles. The Kier molecular flexibility index (Phi) is 3.94. The van der Waals surface area contributed by atoms with Gasteiger partial charge in [-0.3, -0.25) is 0 Å². The fourth-order valence-electron chi connectivity index (χ4n) is 1.52. The van der Waals surface area contributed by atoms with E-state index >= 15 is 0 Å². The third-order valence-electron chi connectivity index (χ3n) is 2.56. The van der Waals surface area contributed by atoms with Crippen molar-refractivity contribution in [2.24, 2.45) is 5.73 Å². The van der Waals surface area contributed by atoms with Gasteiger partial charge in [0.05, 0.1) is 12.7 Å². The third kappa shape index (κ3) is 3.07. The molecule has 0 bridgehead atoms. The van der Waals surface area contributed by atoms with Gasteiger partial charge in [-0.15, -0.1) is 0 Å². The first kappa shape index (κ1) is 12.6. The van der Waals surface area contributed by atoms with Gasteiger partial charge in [0.1, 0.15) is 10.7 Å². The van der Waals surface area contributed by atoms with Crippen LogP contribution >= 0.6 is 12.2 Å². The summed E-state index contributed by atoms with van der Waals surface area (Å²) in [6, 6.07) is 7.63. The minimum atomic E-state index is 0.404. The van der Waals surface area contributed by atoms with Crippen molar-refractivity contribution in [3.05, 3.63) is 47.7 Å². The quantitative estimate of drug-likeness (QED) is 0.810. The Morgan fingerprint density at radius 1 is 1.39 bits per heavy atom. The van der Waals surface area contributed by atoms with E-state index < -0.39 is 0 Å². The van der Waals surface area contributed by atoms with E-state index in [0.29, 0.717) is 17.4 Å². The highest BCUT2D eigenvalue weighted by Crippen LogP contribution is 2.11. The largest absolute Gasteiger partial charge is 0.444 e. The van der Waals surface area contributed by atoms with Gasteiger partial charge in [-0.1, -0.05) is 19.1 Å². The summed E-state index contributed by atoms with van der Waals surface area (Å²) in [7, 11) is 0. The zero-order chi connectivity index (χ0) is 13.0. The molecular formula is C13H15N3OS. The molecule has 5 heteroatoms. The number of oxazole rings is 1. The molecule has 1 aromatic heterocycles. The number of hydrogen-bond acceptors (Lipinski definition) is 4. The van der Waals surface area contributed by atoms with Crippen molar-refractivity contribution in [1.82, 2.24) is 4.98 Å². The molecule has 1 aromatic carbocycles. The van der Waals surface area contributed by atoms with E-state index in [1.54, 1.807) is 6.20 Å². The highest BCUT2D eigenvalue weighted by atomic mass is 32.1. The lowest BCUT2D eigenvalue weighted by Gasteiger charge is -2.04. The molecule has 0 spiro atoms. The number of aromatic nitrogens is 1. The van der Waals surface area contributed by atoms with E-state index in [4.69, 9.17) is 22.4 Å². The van der Waals surface area contributed by atoms with Crippen molar-refractivity contribution >= 4 is 22.9 Å². The fourth-order valence-corrected chi connectivity index (χ4v) is 1.66. The summed E-state index contributed by atoms with van der Waals surface area (Å²) >= 11 is 4.89. The average molecular weight is 261 g/mol. The van der Waals surface area contributed by atoms with E-state index in [2.05, 4.69) is 10.3 Å². The summed E-state index contributed by atoms with van der Waals surface area (Å²) in [5, 5.41) is 3.22. The topological polar surface area (TPSA) is 64.1 Å². The van der Waals surface area contributed by atoms with E-state index in [0.717, 1.165) is 23.4 Å². The molecule has 0 radical (unpaired) electrons. The van der Waals surface area contributed by atoms with Crippen LogP contribution in [0.15, 0.2) is 34.9 Å². The summed E-state index contributed by atoms with van der Waals surface area (Å²) in [5.74, 6) is 1.58. The SMILES string of the molecule is CCc1cnc(CNc2ccc(C(N)=S)cc2)o1. The molecule has 0 aliphatic rings. The van der Waals surface area contributed by atoms with Crippen LogP contribution < -0.4 is 11.1 Å². The average Bonchev–Trinajstić information content (AvgIpc) is 2.85. The predicted octanol–water partition coefficient (Wildman–Crippen LogP) is 2.48. The highest BCUT2D eigenvalue weighted by Gasteiger charge is 2.02. The molecule has 4 nitrogen and oxygen atoms in total. The Morgan fingerprint density at radius 2 is 2.11 bits per heavy atom.